The first kappa shape index (κ1) is 21.1. The maximum Gasteiger partial charge on any atom is 0.270 e. The molecule has 33 heavy (non-hydrogen) atoms. The quantitative estimate of drug-likeness (QED) is 0.470. The van der Waals surface area contributed by atoms with Crippen LogP contribution in [0.25, 0.3) is 11.3 Å². The Morgan fingerprint density at radius 2 is 1.94 bits per heavy atom. The highest BCUT2D eigenvalue weighted by Crippen LogP contribution is 2.29. The number of rotatable bonds is 5. The number of imidazole rings is 1. The summed E-state index contributed by atoms with van der Waals surface area (Å²) in [4.78, 5) is 30.9. The van der Waals surface area contributed by atoms with E-state index in [1.54, 1.807) is 6.07 Å². The van der Waals surface area contributed by atoms with E-state index in [-0.39, 0.29) is 17.2 Å². The predicted molar refractivity (Wildman–Crippen MR) is 125 cm³/mol. The van der Waals surface area contributed by atoms with Gasteiger partial charge >= 0.3 is 0 Å². The first-order chi connectivity index (χ1) is 16.1. The Morgan fingerprint density at radius 3 is 2.73 bits per heavy atom. The summed E-state index contributed by atoms with van der Waals surface area (Å²) in [5.41, 5.74) is 3.24. The highest BCUT2D eigenvalue weighted by Gasteiger charge is 2.22. The fourth-order valence-corrected chi connectivity index (χ4v) is 4.41. The average molecular weight is 447 g/mol. The van der Waals surface area contributed by atoms with Crippen LogP contribution < -0.4 is 10.2 Å². The van der Waals surface area contributed by atoms with Crippen LogP contribution in [-0.4, -0.2) is 46.7 Å². The first-order valence-corrected chi connectivity index (χ1v) is 11.2. The zero-order valence-corrected chi connectivity index (χ0v) is 18.2. The molecule has 0 saturated carbocycles. The van der Waals surface area contributed by atoms with E-state index in [2.05, 4.69) is 16.1 Å². The number of amides is 1. The van der Waals surface area contributed by atoms with Crippen molar-refractivity contribution in [2.75, 3.05) is 36.5 Å². The van der Waals surface area contributed by atoms with Crippen molar-refractivity contribution in [1.29, 1.82) is 0 Å². The van der Waals surface area contributed by atoms with E-state index in [1.165, 1.54) is 12.1 Å². The van der Waals surface area contributed by atoms with Gasteiger partial charge in [-0.05, 0) is 31.0 Å². The van der Waals surface area contributed by atoms with Crippen molar-refractivity contribution in [2.45, 2.75) is 25.8 Å². The average Bonchev–Trinajstić information content (AvgIpc) is 3.29. The summed E-state index contributed by atoms with van der Waals surface area (Å²) >= 11 is 0. The molecule has 0 aliphatic carbocycles. The lowest BCUT2D eigenvalue weighted by Crippen LogP contribution is -2.37. The molecule has 1 fully saturated rings. The molecule has 1 amide bonds. The molecule has 5 rings (SSSR count). The lowest BCUT2D eigenvalue weighted by molar-refractivity contribution is -0.384. The van der Waals surface area contributed by atoms with Gasteiger partial charge in [0.2, 0.25) is 0 Å². The summed E-state index contributed by atoms with van der Waals surface area (Å²) in [7, 11) is 0. The third kappa shape index (κ3) is 4.45. The molecule has 0 spiro atoms. The van der Waals surface area contributed by atoms with Gasteiger partial charge in [0.25, 0.3) is 11.6 Å². The number of morpholine rings is 1. The van der Waals surface area contributed by atoms with Crippen molar-refractivity contribution in [3.8, 4) is 11.3 Å². The first-order valence-electron chi connectivity index (χ1n) is 11.2. The third-order valence-electron chi connectivity index (χ3n) is 6.11. The number of benzene rings is 2. The molecule has 1 N–H and O–H groups in total. The number of fused-ring (bicyclic) bond motifs is 1. The topological polar surface area (TPSA) is 103 Å². The molecule has 1 saturated heterocycles. The summed E-state index contributed by atoms with van der Waals surface area (Å²) in [6.07, 6.45) is 5.36. The number of ether oxygens (including phenoxy) is 1. The van der Waals surface area contributed by atoms with Crippen LogP contribution in [0.2, 0.25) is 0 Å². The molecule has 2 aliphatic rings. The van der Waals surface area contributed by atoms with Gasteiger partial charge in [0.15, 0.2) is 0 Å². The number of hydrogen-bond acceptors (Lipinski definition) is 6. The lowest BCUT2D eigenvalue weighted by Gasteiger charge is -2.30. The summed E-state index contributed by atoms with van der Waals surface area (Å²) in [6, 6.07) is 12.0. The van der Waals surface area contributed by atoms with Crippen LogP contribution in [0.15, 0.2) is 48.7 Å². The summed E-state index contributed by atoms with van der Waals surface area (Å²) < 4.78 is 7.60. The lowest BCUT2D eigenvalue weighted by atomic mass is 10.1. The number of anilines is 2. The number of nitrogens with one attached hydrogen (secondary N) is 1. The molecule has 2 aliphatic heterocycles. The van der Waals surface area contributed by atoms with Gasteiger partial charge in [-0.2, -0.15) is 0 Å². The molecule has 0 radical (unpaired) electrons. The fraction of sp³-hybridized carbons (Fsp3) is 0.333. The minimum atomic E-state index is -0.485. The Labute approximate surface area is 191 Å². The monoisotopic (exact) mass is 447 g/mol. The number of nitro benzene ring substituents is 1. The Hall–Kier alpha value is -3.72. The summed E-state index contributed by atoms with van der Waals surface area (Å²) in [5, 5.41) is 14.3. The van der Waals surface area contributed by atoms with Crippen molar-refractivity contribution in [3.63, 3.8) is 0 Å². The molecule has 3 aromatic rings. The van der Waals surface area contributed by atoms with Gasteiger partial charge in [-0.15, -0.1) is 0 Å². The van der Waals surface area contributed by atoms with E-state index in [9.17, 15) is 14.9 Å². The van der Waals surface area contributed by atoms with Gasteiger partial charge < -0.3 is 19.5 Å². The number of aryl methyl sites for hydroxylation is 2. The molecule has 170 valence electrons. The molecule has 0 atom stereocenters. The van der Waals surface area contributed by atoms with Crippen molar-refractivity contribution in [3.05, 3.63) is 70.2 Å². The Bertz CT molecular complexity index is 1180. The Morgan fingerprint density at radius 1 is 1.09 bits per heavy atom. The number of hydrogen-bond donors (Lipinski definition) is 1. The van der Waals surface area contributed by atoms with Gasteiger partial charge in [0.05, 0.1) is 35.1 Å². The van der Waals surface area contributed by atoms with Crippen molar-refractivity contribution >= 4 is 23.0 Å². The van der Waals surface area contributed by atoms with Crippen LogP contribution in [0.3, 0.4) is 0 Å². The van der Waals surface area contributed by atoms with Gasteiger partial charge in [-0.25, -0.2) is 4.98 Å². The third-order valence-corrected chi connectivity index (χ3v) is 6.11. The zero-order chi connectivity index (χ0) is 22.8. The smallest absolute Gasteiger partial charge is 0.270 e. The second-order valence-electron chi connectivity index (χ2n) is 8.29. The van der Waals surface area contributed by atoms with Crippen LogP contribution in [0.1, 0.15) is 29.0 Å². The minimum absolute atomic E-state index is 0.116. The second-order valence-corrected chi connectivity index (χ2v) is 8.29. The zero-order valence-electron chi connectivity index (χ0n) is 18.2. The van der Waals surface area contributed by atoms with Gasteiger partial charge in [-0.1, -0.05) is 12.1 Å². The van der Waals surface area contributed by atoms with Gasteiger partial charge in [0, 0.05) is 55.6 Å². The van der Waals surface area contributed by atoms with Crippen molar-refractivity contribution in [2.24, 2.45) is 0 Å². The number of carbonyl (C=O) groups is 1. The molecule has 1 aromatic heterocycles. The highest BCUT2D eigenvalue weighted by molar-refractivity contribution is 6.08. The van der Waals surface area contributed by atoms with E-state index in [1.807, 2.05) is 29.2 Å². The maximum atomic E-state index is 13.2. The molecule has 3 heterocycles. The van der Waals surface area contributed by atoms with Crippen molar-refractivity contribution < 1.29 is 14.5 Å². The largest absolute Gasteiger partial charge is 0.378 e. The number of nitrogens with zero attached hydrogens (tertiary/aromatic N) is 4. The van der Waals surface area contributed by atoms with Crippen LogP contribution in [0.4, 0.5) is 17.1 Å². The van der Waals surface area contributed by atoms with Crippen LogP contribution >= 0.6 is 0 Å². The molecule has 2 aromatic carbocycles. The molecule has 9 nitrogen and oxygen atoms in total. The van der Waals surface area contributed by atoms with Crippen LogP contribution in [0, 0.1) is 10.1 Å². The number of aromatic nitrogens is 2. The van der Waals surface area contributed by atoms with Crippen LogP contribution in [0.5, 0.6) is 0 Å². The number of non-ortho nitro benzene ring substituents is 1. The molecular weight excluding hydrogens is 422 g/mol. The van der Waals surface area contributed by atoms with E-state index in [4.69, 9.17) is 9.72 Å². The molecule has 0 unspecified atom stereocenters. The van der Waals surface area contributed by atoms with Crippen LogP contribution in [-0.2, 0) is 17.7 Å². The Balaban J connectivity index is 1.42. The fourth-order valence-electron chi connectivity index (χ4n) is 4.41. The normalized spacial score (nSPS) is 15.7. The summed E-state index contributed by atoms with van der Waals surface area (Å²) in [5.74, 6) is 0.707. The Kier molecular flexibility index (Phi) is 5.78. The number of carbonyl (C=O) groups excluding carboxylic acids is 1. The SMILES string of the molecule is O=C(Nc1cccc(-c2cn3c(n2)CCCC3)c1)c1cc([N+](=O)[O-])ccc1N1CCOCC1. The molecule has 9 heteroatoms. The standard InChI is InChI=1S/C24H25N5O4/c30-24(20-15-19(29(31)32)7-8-22(20)27-10-12-33-13-11-27)25-18-5-3-4-17(14-18)21-16-28-9-2-1-6-23(28)26-21/h3-5,7-8,14-16H,1-2,6,9-13H2,(H,25,30). The van der Waals surface area contributed by atoms with E-state index >= 15 is 0 Å². The van der Waals surface area contributed by atoms with Gasteiger partial charge in [-0.3, -0.25) is 14.9 Å². The minimum Gasteiger partial charge on any atom is -0.378 e. The van der Waals surface area contributed by atoms with E-state index in [0.29, 0.717) is 37.7 Å². The summed E-state index contributed by atoms with van der Waals surface area (Å²) in [6.45, 7) is 3.33. The number of nitro groups is 1. The molecule has 0 bridgehead atoms. The van der Waals surface area contributed by atoms with Gasteiger partial charge in [0.1, 0.15) is 5.82 Å². The predicted octanol–water partition coefficient (Wildman–Crippen LogP) is 3.88. The second kappa shape index (κ2) is 9.03. The maximum absolute atomic E-state index is 13.2. The molecular formula is C24H25N5O4. The van der Waals surface area contributed by atoms with Crippen molar-refractivity contribution in [1.82, 2.24) is 9.55 Å². The highest BCUT2D eigenvalue weighted by atomic mass is 16.6. The van der Waals surface area contributed by atoms with E-state index in [0.717, 1.165) is 42.9 Å². The van der Waals surface area contributed by atoms with E-state index < -0.39 is 4.92 Å².